The van der Waals surface area contributed by atoms with Gasteiger partial charge in [-0.25, -0.2) is 9.97 Å². The van der Waals surface area contributed by atoms with E-state index in [2.05, 4.69) is 34.3 Å². The fourth-order valence-electron chi connectivity index (χ4n) is 2.42. The number of nitrogens with one attached hydrogen (secondary N) is 1. The molecule has 0 bridgehead atoms. The minimum absolute atomic E-state index is 0.127. The molecule has 0 radical (unpaired) electrons. The van der Waals surface area contributed by atoms with Crippen molar-refractivity contribution < 1.29 is 4.74 Å². The molecule has 0 aliphatic heterocycles. The first-order valence-corrected chi connectivity index (χ1v) is 7.08. The van der Waals surface area contributed by atoms with E-state index in [1.54, 1.807) is 7.11 Å². The van der Waals surface area contributed by atoms with Gasteiger partial charge < -0.3 is 15.8 Å². The van der Waals surface area contributed by atoms with Crippen LogP contribution in [0.3, 0.4) is 0 Å². The smallest absolute Gasteiger partial charge is 0.143 e. The molecule has 112 valence electrons. The first-order chi connectivity index (χ1) is 10.7. The summed E-state index contributed by atoms with van der Waals surface area (Å²) in [6, 6.07) is 14.0. The number of ether oxygens (including phenoxy) is 1. The van der Waals surface area contributed by atoms with Crippen LogP contribution in [0, 0.1) is 0 Å². The van der Waals surface area contributed by atoms with Gasteiger partial charge >= 0.3 is 0 Å². The highest BCUT2D eigenvalue weighted by Crippen LogP contribution is 2.31. The predicted molar refractivity (Wildman–Crippen MR) is 89.0 cm³/mol. The molecule has 0 amide bonds. The number of fused-ring (bicyclic) bond motifs is 1. The minimum Gasteiger partial charge on any atom is -0.495 e. The lowest BCUT2D eigenvalue weighted by molar-refractivity contribution is 0.417. The molecular formula is C17H18N4O. The largest absolute Gasteiger partial charge is 0.495 e. The minimum atomic E-state index is 0.127. The van der Waals surface area contributed by atoms with Gasteiger partial charge in [-0.05, 0) is 18.6 Å². The number of aromatic nitrogens is 2. The van der Waals surface area contributed by atoms with Gasteiger partial charge in [-0.15, -0.1) is 0 Å². The highest BCUT2D eigenvalue weighted by molar-refractivity contribution is 5.93. The lowest BCUT2D eigenvalue weighted by Crippen LogP contribution is -2.08. The molecule has 1 atom stereocenters. The van der Waals surface area contributed by atoms with Gasteiger partial charge in [0.1, 0.15) is 17.9 Å². The Bertz CT molecular complexity index is 789. The van der Waals surface area contributed by atoms with Crippen LogP contribution in [0.15, 0.2) is 48.8 Å². The molecule has 1 heterocycles. The molecule has 3 rings (SSSR count). The molecule has 0 unspecified atom stereocenters. The van der Waals surface area contributed by atoms with Gasteiger partial charge in [-0.3, -0.25) is 0 Å². The van der Waals surface area contributed by atoms with Crippen molar-refractivity contribution in [1.29, 1.82) is 0 Å². The Kier molecular flexibility index (Phi) is 3.78. The van der Waals surface area contributed by atoms with Crippen LogP contribution < -0.4 is 15.8 Å². The van der Waals surface area contributed by atoms with Crippen LogP contribution in [0.4, 0.5) is 11.5 Å². The average molecular weight is 294 g/mol. The van der Waals surface area contributed by atoms with Crippen molar-refractivity contribution in [3.8, 4) is 5.75 Å². The van der Waals surface area contributed by atoms with Crippen LogP contribution >= 0.6 is 0 Å². The van der Waals surface area contributed by atoms with Crippen LogP contribution in [-0.4, -0.2) is 17.1 Å². The van der Waals surface area contributed by atoms with Crippen molar-refractivity contribution in [2.75, 3.05) is 18.2 Å². The third kappa shape index (κ3) is 2.65. The molecule has 1 aromatic heterocycles. The third-order valence-corrected chi connectivity index (χ3v) is 3.64. The van der Waals surface area contributed by atoms with Gasteiger partial charge in [0.2, 0.25) is 0 Å². The van der Waals surface area contributed by atoms with E-state index in [0.29, 0.717) is 11.4 Å². The van der Waals surface area contributed by atoms with Gasteiger partial charge in [0.25, 0.3) is 0 Å². The number of benzene rings is 2. The molecule has 22 heavy (non-hydrogen) atoms. The standard InChI is InChI=1S/C17H18N4O/c1-11(12-6-4-3-5-7-12)21-17-13-8-14(18)16(22-2)9-15(13)19-10-20-17/h3-11H,18H2,1-2H3,(H,19,20,21)/t11-/m1/s1. The maximum Gasteiger partial charge on any atom is 0.143 e. The fourth-order valence-corrected chi connectivity index (χ4v) is 2.42. The monoisotopic (exact) mass is 294 g/mol. The molecule has 2 aromatic carbocycles. The van der Waals surface area contributed by atoms with Crippen molar-refractivity contribution in [2.45, 2.75) is 13.0 Å². The molecule has 0 aliphatic rings. The number of methoxy groups -OCH3 is 1. The summed E-state index contributed by atoms with van der Waals surface area (Å²) in [6.45, 7) is 2.09. The third-order valence-electron chi connectivity index (χ3n) is 3.64. The highest BCUT2D eigenvalue weighted by Gasteiger charge is 2.11. The Morgan fingerprint density at radius 1 is 1.14 bits per heavy atom. The lowest BCUT2D eigenvalue weighted by atomic mass is 10.1. The van der Waals surface area contributed by atoms with E-state index in [9.17, 15) is 0 Å². The van der Waals surface area contributed by atoms with Crippen molar-refractivity contribution in [2.24, 2.45) is 0 Å². The zero-order chi connectivity index (χ0) is 15.5. The van der Waals surface area contributed by atoms with E-state index < -0.39 is 0 Å². The first kappa shape index (κ1) is 14.1. The maximum absolute atomic E-state index is 6.00. The van der Waals surface area contributed by atoms with E-state index >= 15 is 0 Å². The van der Waals surface area contributed by atoms with Crippen LogP contribution in [0.5, 0.6) is 5.75 Å². The number of rotatable bonds is 4. The van der Waals surface area contributed by atoms with E-state index in [1.807, 2.05) is 30.3 Å². The quantitative estimate of drug-likeness (QED) is 0.721. The lowest BCUT2D eigenvalue weighted by Gasteiger charge is -2.16. The van der Waals surface area contributed by atoms with Gasteiger partial charge in [0.15, 0.2) is 0 Å². The van der Waals surface area contributed by atoms with Gasteiger partial charge in [-0.2, -0.15) is 0 Å². The summed E-state index contributed by atoms with van der Waals surface area (Å²) < 4.78 is 5.24. The van der Waals surface area contributed by atoms with Gasteiger partial charge in [0.05, 0.1) is 18.3 Å². The maximum atomic E-state index is 6.00. The van der Waals surface area contributed by atoms with Crippen LogP contribution in [-0.2, 0) is 0 Å². The molecule has 0 saturated carbocycles. The normalized spacial score (nSPS) is 12.1. The Balaban J connectivity index is 1.99. The molecule has 5 nitrogen and oxygen atoms in total. The summed E-state index contributed by atoms with van der Waals surface area (Å²) in [5.74, 6) is 1.38. The molecular weight excluding hydrogens is 276 g/mol. The number of hydrogen-bond acceptors (Lipinski definition) is 5. The summed E-state index contributed by atoms with van der Waals surface area (Å²) in [6.07, 6.45) is 1.54. The molecule has 3 aromatic rings. The SMILES string of the molecule is COc1cc2ncnc(N[C@H](C)c3ccccc3)c2cc1N. The van der Waals surface area contributed by atoms with E-state index in [4.69, 9.17) is 10.5 Å². The summed E-state index contributed by atoms with van der Waals surface area (Å²) in [5, 5.41) is 4.30. The zero-order valence-corrected chi connectivity index (χ0v) is 12.6. The summed E-state index contributed by atoms with van der Waals surface area (Å²) >= 11 is 0. The van der Waals surface area contributed by atoms with Crippen LogP contribution in [0.2, 0.25) is 0 Å². The topological polar surface area (TPSA) is 73.1 Å². The predicted octanol–water partition coefficient (Wildman–Crippen LogP) is 3.39. The second-order valence-corrected chi connectivity index (χ2v) is 5.11. The molecule has 0 fully saturated rings. The Hall–Kier alpha value is -2.82. The first-order valence-electron chi connectivity index (χ1n) is 7.08. The number of anilines is 2. The molecule has 5 heteroatoms. The number of nitrogens with two attached hydrogens (primary N) is 1. The Morgan fingerprint density at radius 2 is 1.91 bits per heavy atom. The Labute approximate surface area is 129 Å². The average Bonchev–Trinajstić information content (AvgIpc) is 2.55. The fraction of sp³-hybridized carbons (Fsp3) is 0.176. The molecule has 3 N–H and O–H groups in total. The van der Waals surface area contributed by atoms with E-state index in [0.717, 1.165) is 16.7 Å². The molecule has 0 saturated heterocycles. The van der Waals surface area contributed by atoms with Gasteiger partial charge in [0, 0.05) is 17.5 Å². The van der Waals surface area contributed by atoms with Crippen molar-refractivity contribution in [3.05, 3.63) is 54.4 Å². The molecule has 0 spiro atoms. The van der Waals surface area contributed by atoms with E-state index in [-0.39, 0.29) is 6.04 Å². The van der Waals surface area contributed by atoms with Crippen molar-refractivity contribution >= 4 is 22.4 Å². The van der Waals surface area contributed by atoms with Crippen molar-refractivity contribution in [3.63, 3.8) is 0 Å². The second kappa shape index (κ2) is 5.89. The summed E-state index contributed by atoms with van der Waals surface area (Å²) in [5.41, 5.74) is 8.55. The van der Waals surface area contributed by atoms with Crippen molar-refractivity contribution in [1.82, 2.24) is 9.97 Å². The Morgan fingerprint density at radius 3 is 2.64 bits per heavy atom. The number of nitrogens with zero attached hydrogens (tertiary/aromatic N) is 2. The number of hydrogen-bond donors (Lipinski definition) is 2. The van der Waals surface area contributed by atoms with Crippen LogP contribution in [0.1, 0.15) is 18.5 Å². The summed E-state index contributed by atoms with van der Waals surface area (Å²) in [7, 11) is 1.59. The highest BCUT2D eigenvalue weighted by atomic mass is 16.5. The van der Waals surface area contributed by atoms with E-state index in [1.165, 1.54) is 11.9 Å². The van der Waals surface area contributed by atoms with Gasteiger partial charge in [-0.1, -0.05) is 30.3 Å². The second-order valence-electron chi connectivity index (χ2n) is 5.11. The molecule has 0 aliphatic carbocycles. The number of nitrogen functional groups attached to an aromatic ring is 1. The summed E-state index contributed by atoms with van der Waals surface area (Å²) in [4.78, 5) is 8.64. The van der Waals surface area contributed by atoms with Crippen LogP contribution in [0.25, 0.3) is 10.9 Å². The zero-order valence-electron chi connectivity index (χ0n) is 12.6.